The molecular weight excluding hydrogens is 244 g/mol. The van der Waals surface area contributed by atoms with Gasteiger partial charge >= 0.3 is 0 Å². The average Bonchev–Trinajstić information content (AvgIpc) is 2.77. The van der Waals surface area contributed by atoms with Crippen LogP contribution in [-0.2, 0) is 0 Å². The standard InChI is InChI=1S/C14H20N2O3/c1-14(2)8-15-6-11(17)7-16(14)10-3-4-12-13(5-10)19-9-18-12/h3-5,11,15,17H,6-9H2,1-2H3. The number of nitrogens with zero attached hydrogens (tertiary/aromatic N) is 1. The van der Waals surface area contributed by atoms with Gasteiger partial charge < -0.3 is 24.8 Å². The van der Waals surface area contributed by atoms with E-state index in [4.69, 9.17) is 9.47 Å². The summed E-state index contributed by atoms with van der Waals surface area (Å²) in [6, 6.07) is 5.94. The van der Waals surface area contributed by atoms with Crippen LogP contribution >= 0.6 is 0 Å². The molecule has 0 aromatic heterocycles. The van der Waals surface area contributed by atoms with E-state index in [2.05, 4.69) is 24.1 Å². The topological polar surface area (TPSA) is 54.0 Å². The quantitative estimate of drug-likeness (QED) is 0.791. The summed E-state index contributed by atoms with van der Waals surface area (Å²) in [5.41, 5.74) is 0.988. The molecule has 19 heavy (non-hydrogen) atoms. The second kappa shape index (κ2) is 4.58. The molecule has 2 aliphatic heterocycles. The molecule has 0 aliphatic carbocycles. The zero-order valence-corrected chi connectivity index (χ0v) is 11.3. The number of hydrogen-bond donors (Lipinski definition) is 2. The molecule has 0 saturated carbocycles. The van der Waals surface area contributed by atoms with Crippen LogP contribution in [0.25, 0.3) is 0 Å². The van der Waals surface area contributed by atoms with Gasteiger partial charge in [-0.1, -0.05) is 0 Å². The largest absolute Gasteiger partial charge is 0.454 e. The van der Waals surface area contributed by atoms with Crippen LogP contribution in [0.1, 0.15) is 13.8 Å². The van der Waals surface area contributed by atoms with E-state index in [0.29, 0.717) is 13.1 Å². The van der Waals surface area contributed by atoms with Gasteiger partial charge in [0.1, 0.15) is 0 Å². The van der Waals surface area contributed by atoms with E-state index >= 15 is 0 Å². The molecule has 5 heteroatoms. The van der Waals surface area contributed by atoms with E-state index in [9.17, 15) is 5.11 Å². The van der Waals surface area contributed by atoms with Crippen molar-refractivity contribution < 1.29 is 14.6 Å². The fraction of sp³-hybridized carbons (Fsp3) is 0.571. The zero-order valence-electron chi connectivity index (χ0n) is 11.3. The summed E-state index contributed by atoms with van der Waals surface area (Å²) in [4.78, 5) is 2.22. The molecule has 104 valence electrons. The molecule has 0 amide bonds. The van der Waals surface area contributed by atoms with Crippen LogP contribution in [0, 0.1) is 0 Å². The molecule has 1 fully saturated rings. The molecule has 2 heterocycles. The van der Waals surface area contributed by atoms with E-state index in [1.165, 1.54) is 0 Å². The van der Waals surface area contributed by atoms with Crippen LogP contribution in [0.2, 0.25) is 0 Å². The highest BCUT2D eigenvalue weighted by molar-refractivity contribution is 5.58. The second-order valence-electron chi connectivity index (χ2n) is 5.75. The Labute approximate surface area is 113 Å². The lowest BCUT2D eigenvalue weighted by Gasteiger charge is -2.39. The Bertz CT molecular complexity index is 476. The van der Waals surface area contributed by atoms with Crippen LogP contribution in [0.4, 0.5) is 5.69 Å². The molecule has 1 atom stereocenters. The number of rotatable bonds is 1. The van der Waals surface area contributed by atoms with Crippen molar-refractivity contribution >= 4 is 5.69 Å². The van der Waals surface area contributed by atoms with Crippen LogP contribution in [-0.4, -0.2) is 43.2 Å². The van der Waals surface area contributed by atoms with E-state index in [0.717, 1.165) is 23.7 Å². The average molecular weight is 264 g/mol. The SMILES string of the molecule is CC1(C)CNCC(O)CN1c1ccc2c(c1)OCO2. The molecule has 1 aromatic carbocycles. The van der Waals surface area contributed by atoms with Gasteiger partial charge in [-0.05, 0) is 26.0 Å². The third-order valence-electron chi connectivity index (χ3n) is 3.73. The molecule has 1 unspecified atom stereocenters. The lowest BCUT2D eigenvalue weighted by molar-refractivity contribution is 0.174. The predicted octanol–water partition coefficient (Wildman–Crippen LogP) is 0.964. The molecular formula is C14H20N2O3. The fourth-order valence-corrected chi connectivity index (χ4v) is 2.67. The first-order chi connectivity index (χ1) is 9.06. The summed E-state index contributed by atoms with van der Waals surface area (Å²) in [5.74, 6) is 1.56. The minimum absolute atomic E-state index is 0.0643. The Kier molecular flexibility index (Phi) is 3.03. The van der Waals surface area contributed by atoms with Gasteiger partial charge in [0.2, 0.25) is 6.79 Å². The highest BCUT2D eigenvalue weighted by Gasteiger charge is 2.32. The first-order valence-corrected chi connectivity index (χ1v) is 6.62. The first-order valence-electron chi connectivity index (χ1n) is 6.62. The first kappa shape index (κ1) is 12.6. The van der Waals surface area contributed by atoms with E-state index in [1.54, 1.807) is 0 Å². The summed E-state index contributed by atoms with van der Waals surface area (Å²) >= 11 is 0. The van der Waals surface area contributed by atoms with Crippen LogP contribution in [0.5, 0.6) is 11.5 Å². The van der Waals surface area contributed by atoms with Crippen molar-refractivity contribution in [2.45, 2.75) is 25.5 Å². The predicted molar refractivity (Wildman–Crippen MR) is 72.9 cm³/mol. The third-order valence-corrected chi connectivity index (χ3v) is 3.73. The Morgan fingerprint density at radius 3 is 2.95 bits per heavy atom. The van der Waals surface area contributed by atoms with Gasteiger partial charge in [-0.15, -0.1) is 0 Å². The van der Waals surface area contributed by atoms with Gasteiger partial charge in [-0.25, -0.2) is 0 Å². The molecule has 2 aliphatic rings. The van der Waals surface area contributed by atoms with Crippen LogP contribution in [0.15, 0.2) is 18.2 Å². The zero-order chi connectivity index (χ0) is 13.5. The Morgan fingerprint density at radius 2 is 2.11 bits per heavy atom. The molecule has 1 aromatic rings. The van der Waals surface area contributed by atoms with Crippen molar-refractivity contribution in [3.8, 4) is 11.5 Å². The fourth-order valence-electron chi connectivity index (χ4n) is 2.67. The lowest BCUT2D eigenvalue weighted by Crippen LogP contribution is -2.49. The molecule has 1 saturated heterocycles. The maximum Gasteiger partial charge on any atom is 0.231 e. The van der Waals surface area contributed by atoms with Crippen molar-refractivity contribution in [3.63, 3.8) is 0 Å². The molecule has 0 spiro atoms. The third kappa shape index (κ3) is 2.35. The van der Waals surface area contributed by atoms with Gasteiger partial charge in [0.15, 0.2) is 11.5 Å². The Morgan fingerprint density at radius 1 is 1.32 bits per heavy atom. The van der Waals surface area contributed by atoms with Crippen molar-refractivity contribution in [3.05, 3.63) is 18.2 Å². The van der Waals surface area contributed by atoms with E-state index < -0.39 is 0 Å². The molecule has 0 bridgehead atoms. The maximum atomic E-state index is 9.99. The summed E-state index contributed by atoms with van der Waals surface area (Å²) in [6.07, 6.45) is -0.368. The van der Waals surface area contributed by atoms with Gasteiger partial charge in [0, 0.05) is 36.9 Å². The number of nitrogens with one attached hydrogen (secondary N) is 1. The molecule has 3 rings (SSSR count). The van der Waals surface area contributed by atoms with Crippen LogP contribution in [0.3, 0.4) is 0 Å². The number of ether oxygens (including phenoxy) is 2. The van der Waals surface area contributed by atoms with Crippen molar-refractivity contribution in [2.24, 2.45) is 0 Å². The summed E-state index contributed by atoms with van der Waals surface area (Å²) < 4.78 is 10.8. The monoisotopic (exact) mass is 264 g/mol. The number of aliphatic hydroxyl groups is 1. The number of anilines is 1. The van der Waals surface area contributed by atoms with Gasteiger partial charge in [-0.2, -0.15) is 0 Å². The van der Waals surface area contributed by atoms with Crippen molar-refractivity contribution in [2.75, 3.05) is 31.3 Å². The summed E-state index contributed by atoms with van der Waals surface area (Å²) in [7, 11) is 0. The van der Waals surface area contributed by atoms with Gasteiger partial charge in [-0.3, -0.25) is 0 Å². The number of β-amino-alcohol motifs (C(OH)–C–C–N with tert-alkyl or cyclic N) is 1. The van der Waals surface area contributed by atoms with Crippen molar-refractivity contribution in [1.82, 2.24) is 5.32 Å². The smallest absolute Gasteiger partial charge is 0.231 e. The lowest BCUT2D eigenvalue weighted by atomic mass is 10.0. The molecule has 0 radical (unpaired) electrons. The summed E-state index contributed by atoms with van der Waals surface area (Å²) in [5, 5.41) is 13.3. The van der Waals surface area contributed by atoms with E-state index in [1.807, 2.05) is 18.2 Å². The number of benzene rings is 1. The highest BCUT2D eigenvalue weighted by Crippen LogP contribution is 2.37. The minimum atomic E-state index is -0.368. The number of fused-ring (bicyclic) bond motifs is 1. The van der Waals surface area contributed by atoms with Gasteiger partial charge in [0.25, 0.3) is 0 Å². The summed E-state index contributed by atoms with van der Waals surface area (Å²) in [6.45, 7) is 6.69. The Balaban J connectivity index is 1.93. The Hall–Kier alpha value is -1.46. The second-order valence-corrected chi connectivity index (χ2v) is 5.75. The molecule has 5 nitrogen and oxygen atoms in total. The van der Waals surface area contributed by atoms with Crippen LogP contribution < -0.4 is 19.7 Å². The highest BCUT2D eigenvalue weighted by atomic mass is 16.7. The number of aliphatic hydroxyl groups excluding tert-OH is 1. The van der Waals surface area contributed by atoms with E-state index in [-0.39, 0.29) is 18.4 Å². The minimum Gasteiger partial charge on any atom is -0.454 e. The normalized spacial score (nSPS) is 25.2. The van der Waals surface area contributed by atoms with Crippen molar-refractivity contribution in [1.29, 1.82) is 0 Å². The molecule has 2 N–H and O–H groups in total. The maximum absolute atomic E-state index is 9.99. The number of hydrogen-bond acceptors (Lipinski definition) is 5. The van der Waals surface area contributed by atoms with Gasteiger partial charge in [0.05, 0.1) is 6.10 Å².